The van der Waals surface area contributed by atoms with Crippen LogP contribution in [0.25, 0.3) is 0 Å². The SMILES string of the molecule is CCCC(=O)Nc1ccc(C(=O)CN2C(=O)N[C@@](C)(c3ccc4c(c3)OCO4)C2=O)cc1. The van der Waals surface area contributed by atoms with Gasteiger partial charge < -0.3 is 20.1 Å². The van der Waals surface area contributed by atoms with E-state index in [4.69, 9.17) is 9.47 Å². The first-order valence-corrected chi connectivity index (χ1v) is 10.3. The third kappa shape index (κ3) is 3.89. The van der Waals surface area contributed by atoms with E-state index in [0.29, 0.717) is 34.7 Å². The summed E-state index contributed by atoms with van der Waals surface area (Å²) in [6.45, 7) is 3.20. The molecule has 0 spiro atoms. The van der Waals surface area contributed by atoms with Crippen molar-refractivity contribution in [3.05, 3.63) is 53.6 Å². The van der Waals surface area contributed by atoms with Gasteiger partial charge in [0.05, 0.1) is 6.54 Å². The van der Waals surface area contributed by atoms with Crippen LogP contribution in [0.4, 0.5) is 10.5 Å². The van der Waals surface area contributed by atoms with Crippen molar-refractivity contribution in [3.8, 4) is 11.5 Å². The Morgan fingerprint density at radius 1 is 1.09 bits per heavy atom. The van der Waals surface area contributed by atoms with Crippen molar-refractivity contribution in [2.24, 2.45) is 0 Å². The Morgan fingerprint density at radius 3 is 2.53 bits per heavy atom. The molecular formula is C23H23N3O6. The molecule has 0 radical (unpaired) electrons. The third-order valence-corrected chi connectivity index (χ3v) is 5.49. The zero-order chi connectivity index (χ0) is 22.9. The van der Waals surface area contributed by atoms with Gasteiger partial charge in [0.25, 0.3) is 5.91 Å². The predicted octanol–water partition coefficient (Wildman–Crippen LogP) is 2.80. The number of carbonyl (C=O) groups excluding carboxylic acids is 4. The molecule has 2 aliphatic heterocycles. The second-order valence-electron chi connectivity index (χ2n) is 7.81. The van der Waals surface area contributed by atoms with E-state index in [9.17, 15) is 19.2 Å². The number of urea groups is 1. The van der Waals surface area contributed by atoms with Crippen LogP contribution in [0.1, 0.15) is 42.6 Å². The molecule has 2 aliphatic rings. The average molecular weight is 437 g/mol. The van der Waals surface area contributed by atoms with E-state index in [0.717, 1.165) is 11.3 Å². The van der Waals surface area contributed by atoms with E-state index in [2.05, 4.69) is 10.6 Å². The molecule has 1 atom stereocenters. The number of rotatable bonds is 7. The van der Waals surface area contributed by atoms with Crippen LogP contribution in [0.2, 0.25) is 0 Å². The normalized spacial score (nSPS) is 19.1. The molecular weight excluding hydrogens is 414 g/mol. The van der Waals surface area contributed by atoms with Gasteiger partial charge in [-0.1, -0.05) is 13.0 Å². The van der Waals surface area contributed by atoms with Crippen molar-refractivity contribution in [1.29, 1.82) is 0 Å². The molecule has 2 aromatic carbocycles. The molecule has 2 aromatic rings. The van der Waals surface area contributed by atoms with E-state index in [1.807, 2.05) is 6.92 Å². The summed E-state index contributed by atoms with van der Waals surface area (Å²) in [6, 6.07) is 10.7. The Labute approximate surface area is 184 Å². The largest absolute Gasteiger partial charge is 0.454 e. The topological polar surface area (TPSA) is 114 Å². The maximum Gasteiger partial charge on any atom is 0.325 e. The summed E-state index contributed by atoms with van der Waals surface area (Å²) in [6.07, 6.45) is 1.15. The van der Waals surface area contributed by atoms with Crippen molar-refractivity contribution >= 4 is 29.3 Å². The summed E-state index contributed by atoms with van der Waals surface area (Å²) in [5.41, 5.74) is 0.106. The molecule has 1 fully saturated rings. The number of ether oxygens (including phenoxy) is 2. The zero-order valence-electron chi connectivity index (χ0n) is 17.8. The molecule has 0 unspecified atom stereocenters. The van der Waals surface area contributed by atoms with E-state index in [1.165, 1.54) is 0 Å². The molecule has 2 N–H and O–H groups in total. The zero-order valence-corrected chi connectivity index (χ0v) is 17.8. The highest BCUT2D eigenvalue weighted by atomic mass is 16.7. The smallest absolute Gasteiger partial charge is 0.325 e. The fourth-order valence-electron chi connectivity index (χ4n) is 3.67. The molecule has 0 aliphatic carbocycles. The van der Waals surface area contributed by atoms with Crippen molar-refractivity contribution < 1.29 is 28.7 Å². The van der Waals surface area contributed by atoms with E-state index in [-0.39, 0.29) is 12.7 Å². The Kier molecular flexibility index (Phi) is 5.56. The molecule has 9 heteroatoms. The van der Waals surface area contributed by atoms with Gasteiger partial charge in [-0.2, -0.15) is 0 Å². The van der Waals surface area contributed by atoms with Crippen LogP contribution in [0.15, 0.2) is 42.5 Å². The number of fused-ring (bicyclic) bond motifs is 1. The van der Waals surface area contributed by atoms with Gasteiger partial charge in [-0.25, -0.2) is 4.79 Å². The van der Waals surface area contributed by atoms with Crippen LogP contribution in [-0.4, -0.2) is 41.9 Å². The molecule has 0 saturated carbocycles. The maximum atomic E-state index is 13.1. The van der Waals surface area contributed by atoms with Gasteiger partial charge in [-0.05, 0) is 55.3 Å². The fraction of sp³-hybridized carbons (Fsp3) is 0.304. The monoisotopic (exact) mass is 437 g/mol. The summed E-state index contributed by atoms with van der Waals surface area (Å²) in [5, 5.41) is 5.42. The Balaban J connectivity index is 1.46. The second-order valence-corrected chi connectivity index (χ2v) is 7.81. The number of anilines is 1. The lowest BCUT2D eigenvalue weighted by Gasteiger charge is -2.22. The number of imide groups is 1. The maximum absolute atomic E-state index is 13.1. The number of amides is 4. The number of carbonyl (C=O) groups is 4. The number of nitrogens with one attached hydrogen (secondary N) is 2. The summed E-state index contributed by atoms with van der Waals surface area (Å²) in [7, 11) is 0. The summed E-state index contributed by atoms with van der Waals surface area (Å²) in [5.74, 6) is 0.0312. The molecule has 4 rings (SSSR count). The molecule has 32 heavy (non-hydrogen) atoms. The lowest BCUT2D eigenvalue weighted by molar-refractivity contribution is -0.130. The highest BCUT2D eigenvalue weighted by Crippen LogP contribution is 2.37. The molecule has 9 nitrogen and oxygen atoms in total. The van der Waals surface area contributed by atoms with Crippen molar-refractivity contribution in [3.63, 3.8) is 0 Å². The van der Waals surface area contributed by atoms with Crippen LogP contribution in [0.3, 0.4) is 0 Å². The van der Waals surface area contributed by atoms with Crippen molar-refractivity contribution in [1.82, 2.24) is 10.2 Å². The molecule has 166 valence electrons. The molecule has 1 saturated heterocycles. The summed E-state index contributed by atoms with van der Waals surface area (Å²) < 4.78 is 10.7. The van der Waals surface area contributed by atoms with Crippen LogP contribution in [0, 0.1) is 0 Å². The first-order chi connectivity index (χ1) is 15.3. The van der Waals surface area contributed by atoms with Gasteiger partial charge in [0.2, 0.25) is 12.7 Å². The Hall–Kier alpha value is -3.88. The minimum atomic E-state index is -1.33. The lowest BCUT2D eigenvalue weighted by atomic mass is 9.91. The van der Waals surface area contributed by atoms with Gasteiger partial charge in [-0.3, -0.25) is 19.3 Å². The Bertz CT molecular complexity index is 1100. The number of hydrogen-bond donors (Lipinski definition) is 2. The van der Waals surface area contributed by atoms with Gasteiger partial charge in [0.15, 0.2) is 17.3 Å². The highest BCUT2D eigenvalue weighted by Gasteiger charge is 2.49. The molecule has 4 amide bonds. The summed E-state index contributed by atoms with van der Waals surface area (Å²) >= 11 is 0. The number of nitrogens with zero attached hydrogens (tertiary/aromatic N) is 1. The summed E-state index contributed by atoms with van der Waals surface area (Å²) in [4.78, 5) is 51.0. The second kappa shape index (κ2) is 8.33. The third-order valence-electron chi connectivity index (χ3n) is 5.49. The van der Waals surface area contributed by atoms with Gasteiger partial charge in [-0.15, -0.1) is 0 Å². The Morgan fingerprint density at radius 2 is 1.81 bits per heavy atom. The first kappa shape index (κ1) is 21.4. The number of hydrogen-bond acceptors (Lipinski definition) is 6. The molecule has 0 aromatic heterocycles. The van der Waals surface area contributed by atoms with E-state index >= 15 is 0 Å². The number of ketones is 1. The molecule has 2 heterocycles. The van der Waals surface area contributed by atoms with Crippen molar-refractivity contribution in [2.45, 2.75) is 32.2 Å². The standard InChI is InChI=1S/C23H23N3O6/c1-3-4-20(28)24-16-8-5-14(6-9-16)17(27)12-26-21(29)23(2,25-22(26)30)15-7-10-18-19(11-15)32-13-31-18/h5-11H,3-4,12-13H2,1-2H3,(H,24,28)(H,25,30)/t23-/m0/s1. The fourth-order valence-corrected chi connectivity index (χ4v) is 3.67. The predicted molar refractivity (Wildman–Crippen MR) is 114 cm³/mol. The van der Waals surface area contributed by atoms with Gasteiger partial charge in [0.1, 0.15) is 5.54 Å². The van der Waals surface area contributed by atoms with Gasteiger partial charge in [0, 0.05) is 17.7 Å². The molecule has 0 bridgehead atoms. The quantitative estimate of drug-likeness (QED) is 0.509. The van der Waals surface area contributed by atoms with Gasteiger partial charge >= 0.3 is 6.03 Å². The minimum absolute atomic E-state index is 0.0947. The first-order valence-electron chi connectivity index (χ1n) is 10.3. The van der Waals surface area contributed by atoms with E-state index < -0.39 is 29.8 Å². The van der Waals surface area contributed by atoms with Crippen LogP contribution < -0.4 is 20.1 Å². The van der Waals surface area contributed by atoms with Crippen LogP contribution in [-0.2, 0) is 15.1 Å². The highest BCUT2D eigenvalue weighted by molar-refractivity contribution is 6.11. The van der Waals surface area contributed by atoms with Crippen molar-refractivity contribution in [2.75, 3.05) is 18.7 Å². The number of Topliss-reactive ketones (excluding diaryl/α,β-unsaturated/α-hetero) is 1. The number of benzene rings is 2. The average Bonchev–Trinajstić information content (AvgIpc) is 3.32. The minimum Gasteiger partial charge on any atom is -0.454 e. The van der Waals surface area contributed by atoms with E-state index in [1.54, 1.807) is 49.4 Å². The lowest BCUT2D eigenvalue weighted by Crippen LogP contribution is -2.41. The van der Waals surface area contributed by atoms with Crippen LogP contribution >= 0.6 is 0 Å². The van der Waals surface area contributed by atoms with Crippen LogP contribution in [0.5, 0.6) is 11.5 Å².